The van der Waals surface area contributed by atoms with Crippen LogP contribution in [0.2, 0.25) is 0 Å². The Morgan fingerprint density at radius 3 is 2.52 bits per heavy atom. The van der Waals surface area contributed by atoms with Gasteiger partial charge in [0.15, 0.2) is 0 Å². The van der Waals surface area contributed by atoms with Crippen LogP contribution in [0.5, 0.6) is 0 Å². The topological polar surface area (TPSA) is 58.6 Å². The van der Waals surface area contributed by atoms with E-state index < -0.39 is 10.0 Å². The average Bonchev–Trinajstić information content (AvgIpc) is 2.40. The second-order valence-electron chi connectivity index (χ2n) is 5.37. The number of hydrogen-bond acceptors (Lipinski definition) is 4. The van der Waals surface area contributed by atoms with Crippen LogP contribution in [0.15, 0.2) is 27.6 Å². The molecule has 1 aromatic carbocycles. The van der Waals surface area contributed by atoms with Gasteiger partial charge in [0.05, 0.1) is 17.1 Å². The molecular formula is C14H21BrN2O3S. The standard InChI is InChI=1S/C14H21BrN2O3S/c1-10-8-17(9-11(2)20-10)21(18,19)14-6-12(7-16-3)4-5-13(14)15/h4-6,10-11,16H,7-9H2,1-3H3. The summed E-state index contributed by atoms with van der Waals surface area (Å²) in [6, 6.07) is 5.41. The molecule has 0 aromatic heterocycles. The third kappa shape index (κ3) is 3.84. The Morgan fingerprint density at radius 2 is 1.95 bits per heavy atom. The fourth-order valence-electron chi connectivity index (χ4n) is 2.53. The Hall–Kier alpha value is -0.470. The molecule has 1 fully saturated rings. The molecule has 0 amide bonds. The summed E-state index contributed by atoms with van der Waals surface area (Å²) >= 11 is 3.36. The van der Waals surface area contributed by atoms with Crippen LogP contribution < -0.4 is 5.32 Å². The predicted octanol–water partition coefficient (Wildman–Crippen LogP) is 1.97. The third-order valence-electron chi connectivity index (χ3n) is 3.38. The summed E-state index contributed by atoms with van der Waals surface area (Å²) < 4.78 is 33.5. The summed E-state index contributed by atoms with van der Waals surface area (Å²) in [4.78, 5) is 0.316. The van der Waals surface area contributed by atoms with E-state index in [1.165, 1.54) is 4.31 Å². The van der Waals surface area contributed by atoms with E-state index in [4.69, 9.17) is 4.74 Å². The molecule has 1 heterocycles. The van der Waals surface area contributed by atoms with Crippen LogP contribution in [-0.2, 0) is 21.3 Å². The van der Waals surface area contributed by atoms with Gasteiger partial charge in [-0.1, -0.05) is 6.07 Å². The Kier molecular flexibility index (Phi) is 5.43. The van der Waals surface area contributed by atoms with E-state index in [0.29, 0.717) is 29.0 Å². The van der Waals surface area contributed by atoms with Crippen molar-refractivity contribution in [3.63, 3.8) is 0 Å². The van der Waals surface area contributed by atoms with Crippen molar-refractivity contribution in [1.29, 1.82) is 0 Å². The molecule has 2 unspecified atom stereocenters. The lowest BCUT2D eigenvalue weighted by Gasteiger charge is -2.34. The zero-order chi connectivity index (χ0) is 15.6. The van der Waals surface area contributed by atoms with Crippen molar-refractivity contribution in [2.24, 2.45) is 0 Å². The van der Waals surface area contributed by atoms with Crippen molar-refractivity contribution in [3.8, 4) is 0 Å². The first kappa shape index (κ1) is 16.9. The Morgan fingerprint density at radius 1 is 1.33 bits per heavy atom. The number of sulfonamides is 1. The molecule has 2 rings (SSSR count). The number of benzene rings is 1. The molecule has 1 aromatic rings. The van der Waals surface area contributed by atoms with Gasteiger partial charge < -0.3 is 10.1 Å². The van der Waals surface area contributed by atoms with Crippen molar-refractivity contribution < 1.29 is 13.2 Å². The highest BCUT2D eigenvalue weighted by atomic mass is 79.9. The maximum Gasteiger partial charge on any atom is 0.244 e. The van der Waals surface area contributed by atoms with Gasteiger partial charge in [-0.05, 0) is 54.5 Å². The number of ether oxygens (including phenoxy) is 1. The lowest BCUT2D eigenvalue weighted by molar-refractivity contribution is -0.0440. The van der Waals surface area contributed by atoms with Gasteiger partial charge in [0, 0.05) is 24.1 Å². The van der Waals surface area contributed by atoms with Gasteiger partial charge in [0.2, 0.25) is 10.0 Å². The van der Waals surface area contributed by atoms with E-state index in [2.05, 4.69) is 21.2 Å². The molecule has 1 N–H and O–H groups in total. The number of nitrogens with zero attached hydrogens (tertiary/aromatic N) is 1. The molecule has 2 atom stereocenters. The highest BCUT2D eigenvalue weighted by Gasteiger charge is 2.33. The normalized spacial score (nSPS) is 24.2. The summed E-state index contributed by atoms with van der Waals surface area (Å²) in [5.74, 6) is 0. The van der Waals surface area contributed by atoms with Gasteiger partial charge in [-0.15, -0.1) is 0 Å². The first-order valence-electron chi connectivity index (χ1n) is 6.93. The van der Waals surface area contributed by atoms with Crippen LogP contribution in [0.1, 0.15) is 19.4 Å². The minimum absolute atomic E-state index is 0.0946. The lowest BCUT2D eigenvalue weighted by Crippen LogP contribution is -2.48. The maximum absolute atomic E-state index is 12.9. The SMILES string of the molecule is CNCc1ccc(Br)c(S(=O)(=O)N2CC(C)OC(C)C2)c1. The molecule has 1 saturated heterocycles. The molecule has 21 heavy (non-hydrogen) atoms. The molecule has 0 spiro atoms. The monoisotopic (exact) mass is 376 g/mol. The van der Waals surface area contributed by atoms with Crippen molar-refractivity contribution in [2.75, 3.05) is 20.1 Å². The highest BCUT2D eigenvalue weighted by Crippen LogP contribution is 2.28. The van der Waals surface area contributed by atoms with Crippen LogP contribution in [0.3, 0.4) is 0 Å². The zero-order valence-corrected chi connectivity index (χ0v) is 14.9. The van der Waals surface area contributed by atoms with Gasteiger partial charge in [-0.3, -0.25) is 0 Å². The Balaban J connectivity index is 2.36. The summed E-state index contributed by atoms with van der Waals surface area (Å²) in [5, 5.41) is 3.03. The molecule has 0 aliphatic carbocycles. The van der Waals surface area contributed by atoms with Crippen molar-refractivity contribution in [2.45, 2.75) is 37.5 Å². The molecule has 7 heteroatoms. The van der Waals surface area contributed by atoms with Crippen molar-refractivity contribution in [1.82, 2.24) is 9.62 Å². The molecule has 0 saturated carbocycles. The summed E-state index contributed by atoms with van der Waals surface area (Å²) in [5.41, 5.74) is 0.939. The fraction of sp³-hybridized carbons (Fsp3) is 0.571. The minimum Gasteiger partial charge on any atom is -0.373 e. The van der Waals surface area contributed by atoms with Gasteiger partial charge in [0.1, 0.15) is 0 Å². The number of halogens is 1. The fourth-order valence-corrected chi connectivity index (χ4v) is 5.09. The first-order chi connectivity index (χ1) is 9.84. The predicted molar refractivity (Wildman–Crippen MR) is 85.7 cm³/mol. The molecule has 5 nitrogen and oxygen atoms in total. The number of nitrogens with one attached hydrogen (secondary N) is 1. The molecular weight excluding hydrogens is 356 g/mol. The molecule has 118 valence electrons. The van der Waals surface area contributed by atoms with Crippen LogP contribution in [0, 0.1) is 0 Å². The second-order valence-corrected chi connectivity index (χ2v) is 8.14. The summed E-state index contributed by atoms with van der Waals surface area (Å²) in [7, 11) is -1.69. The van der Waals surface area contributed by atoms with Crippen LogP contribution >= 0.6 is 15.9 Å². The summed E-state index contributed by atoms with van der Waals surface area (Å²) in [6.45, 7) is 5.19. The highest BCUT2D eigenvalue weighted by molar-refractivity contribution is 9.10. The van der Waals surface area contributed by atoms with Crippen LogP contribution in [0.25, 0.3) is 0 Å². The smallest absolute Gasteiger partial charge is 0.244 e. The van der Waals surface area contributed by atoms with E-state index in [1.54, 1.807) is 12.1 Å². The van der Waals surface area contributed by atoms with Gasteiger partial charge in [-0.2, -0.15) is 4.31 Å². The van der Waals surface area contributed by atoms with Crippen LogP contribution in [-0.4, -0.2) is 45.1 Å². The summed E-state index contributed by atoms with van der Waals surface area (Å²) in [6.07, 6.45) is -0.189. The Labute approximate surface area is 134 Å². The van der Waals surface area contributed by atoms with E-state index in [0.717, 1.165) is 5.56 Å². The van der Waals surface area contributed by atoms with E-state index in [-0.39, 0.29) is 12.2 Å². The molecule has 1 aliphatic rings. The minimum atomic E-state index is -3.52. The lowest BCUT2D eigenvalue weighted by atomic mass is 10.2. The van der Waals surface area contributed by atoms with Gasteiger partial charge in [0.25, 0.3) is 0 Å². The van der Waals surface area contributed by atoms with Crippen LogP contribution in [0.4, 0.5) is 0 Å². The zero-order valence-electron chi connectivity index (χ0n) is 12.5. The Bertz CT molecular complexity index is 596. The van der Waals surface area contributed by atoms with Crippen molar-refractivity contribution >= 4 is 26.0 Å². The van der Waals surface area contributed by atoms with E-state index >= 15 is 0 Å². The van der Waals surface area contributed by atoms with Crippen molar-refractivity contribution in [3.05, 3.63) is 28.2 Å². The molecule has 1 aliphatic heterocycles. The molecule has 0 bridgehead atoms. The molecule has 0 radical (unpaired) electrons. The number of hydrogen-bond donors (Lipinski definition) is 1. The third-order valence-corrected chi connectivity index (χ3v) is 6.21. The van der Waals surface area contributed by atoms with Gasteiger partial charge in [-0.25, -0.2) is 8.42 Å². The van der Waals surface area contributed by atoms with E-state index in [9.17, 15) is 8.42 Å². The maximum atomic E-state index is 12.9. The quantitative estimate of drug-likeness (QED) is 0.872. The number of rotatable bonds is 4. The number of morpholine rings is 1. The average molecular weight is 377 g/mol. The first-order valence-corrected chi connectivity index (χ1v) is 9.16. The largest absolute Gasteiger partial charge is 0.373 e. The van der Waals surface area contributed by atoms with Gasteiger partial charge >= 0.3 is 0 Å². The second kappa shape index (κ2) is 6.75. The van der Waals surface area contributed by atoms with E-state index in [1.807, 2.05) is 27.0 Å².